The zero-order chi connectivity index (χ0) is 21.2. The molecule has 0 saturated heterocycles. The lowest BCUT2D eigenvalue weighted by atomic mass is 10.1. The van der Waals surface area contributed by atoms with E-state index in [2.05, 4.69) is 12.2 Å². The normalized spacial score (nSPS) is 11.6. The molecule has 0 aliphatic rings. The lowest BCUT2D eigenvalue weighted by molar-refractivity contribution is -0.142. The fraction of sp³-hybridized carbons (Fsp3) is 0.364. The molecular formula is C22H26Cl2N2O3. The molecule has 0 radical (unpaired) electrons. The van der Waals surface area contributed by atoms with Gasteiger partial charge in [0.25, 0.3) is 5.91 Å². The molecule has 1 unspecified atom stereocenters. The first-order valence-corrected chi connectivity index (χ1v) is 10.4. The molecule has 2 amide bonds. The molecule has 0 aliphatic carbocycles. The summed E-state index contributed by atoms with van der Waals surface area (Å²) in [5, 5.41) is 4.02. The average Bonchev–Trinajstić information content (AvgIpc) is 2.71. The third-order valence-corrected chi connectivity index (χ3v) is 4.91. The van der Waals surface area contributed by atoms with Crippen molar-refractivity contribution >= 4 is 35.0 Å². The summed E-state index contributed by atoms with van der Waals surface area (Å²) in [5.41, 5.74) is 0.874. The molecule has 0 heterocycles. The molecule has 2 aromatic rings. The van der Waals surface area contributed by atoms with Crippen molar-refractivity contribution in [2.45, 2.75) is 39.3 Å². The van der Waals surface area contributed by atoms with Crippen LogP contribution in [0.3, 0.4) is 0 Å². The summed E-state index contributed by atoms with van der Waals surface area (Å²) in [6.45, 7) is 4.44. The minimum absolute atomic E-state index is 0.191. The van der Waals surface area contributed by atoms with Gasteiger partial charge in [0.05, 0.1) is 0 Å². The molecule has 7 heteroatoms. The van der Waals surface area contributed by atoms with E-state index in [4.69, 9.17) is 27.9 Å². The van der Waals surface area contributed by atoms with Crippen LogP contribution in [0.5, 0.6) is 5.75 Å². The highest BCUT2D eigenvalue weighted by molar-refractivity contribution is 6.30. The highest BCUT2D eigenvalue weighted by Gasteiger charge is 2.26. The van der Waals surface area contributed by atoms with Gasteiger partial charge in [-0.3, -0.25) is 9.59 Å². The first-order chi connectivity index (χ1) is 13.9. The average molecular weight is 437 g/mol. The molecule has 2 aromatic carbocycles. The molecule has 5 nitrogen and oxygen atoms in total. The van der Waals surface area contributed by atoms with Crippen LogP contribution in [0.1, 0.15) is 32.3 Å². The Labute approximate surface area is 181 Å². The number of rotatable bonds is 10. The van der Waals surface area contributed by atoms with E-state index in [0.717, 1.165) is 18.4 Å². The largest absolute Gasteiger partial charge is 0.484 e. The Morgan fingerprint density at radius 3 is 2.48 bits per heavy atom. The summed E-state index contributed by atoms with van der Waals surface area (Å²) in [5.74, 6) is 0.0129. The van der Waals surface area contributed by atoms with Crippen LogP contribution < -0.4 is 10.1 Å². The van der Waals surface area contributed by atoms with Gasteiger partial charge >= 0.3 is 0 Å². The molecule has 0 spiro atoms. The number of amides is 2. The van der Waals surface area contributed by atoms with E-state index in [9.17, 15) is 9.59 Å². The summed E-state index contributed by atoms with van der Waals surface area (Å²) in [7, 11) is 0. The van der Waals surface area contributed by atoms with Crippen LogP contribution in [-0.4, -0.2) is 35.9 Å². The van der Waals surface area contributed by atoms with Crippen LogP contribution in [-0.2, 0) is 16.1 Å². The van der Waals surface area contributed by atoms with Crippen molar-refractivity contribution < 1.29 is 14.3 Å². The van der Waals surface area contributed by atoms with E-state index in [-0.39, 0.29) is 25.0 Å². The Hall–Kier alpha value is -2.24. The number of nitrogens with one attached hydrogen (secondary N) is 1. The predicted octanol–water partition coefficient (Wildman–Crippen LogP) is 4.71. The Balaban J connectivity index is 2.10. The highest BCUT2D eigenvalue weighted by Crippen LogP contribution is 2.18. The quantitative estimate of drug-likeness (QED) is 0.548. The van der Waals surface area contributed by atoms with Crippen LogP contribution in [0.25, 0.3) is 0 Å². The van der Waals surface area contributed by atoms with Gasteiger partial charge < -0.3 is 15.0 Å². The molecule has 156 valence electrons. The van der Waals surface area contributed by atoms with Crippen LogP contribution in [0.2, 0.25) is 10.0 Å². The molecule has 0 saturated carbocycles. The summed E-state index contributed by atoms with van der Waals surface area (Å²) >= 11 is 11.9. The first-order valence-electron chi connectivity index (χ1n) is 9.60. The second-order valence-electron chi connectivity index (χ2n) is 6.71. The van der Waals surface area contributed by atoms with Crippen molar-refractivity contribution in [2.24, 2.45) is 0 Å². The number of unbranched alkanes of at least 4 members (excludes halogenated alkanes) is 1. The van der Waals surface area contributed by atoms with E-state index in [1.165, 1.54) is 4.90 Å². The van der Waals surface area contributed by atoms with Crippen molar-refractivity contribution in [3.05, 3.63) is 64.1 Å². The molecule has 0 aromatic heterocycles. The highest BCUT2D eigenvalue weighted by atomic mass is 35.5. The molecule has 0 fully saturated rings. The van der Waals surface area contributed by atoms with Crippen LogP contribution in [0.15, 0.2) is 48.5 Å². The molecule has 29 heavy (non-hydrogen) atoms. The smallest absolute Gasteiger partial charge is 0.261 e. The fourth-order valence-electron chi connectivity index (χ4n) is 2.69. The minimum atomic E-state index is -0.641. The van der Waals surface area contributed by atoms with Crippen molar-refractivity contribution in [3.63, 3.8) is 0 Å². The van der Waals surface area contributed by atoms with E-state index in [0.29, 0.717) is 22.3 Å². The van der Waals surface area contributed by atoms with Gasteiger partial charge in [-0.15, -0.1) is 0 Å². The maximum atomic E-state index is 12.9. The zero-order valence-corrected chi connectivity index (χ0v) is 18.2. The number of carbonyl (C=O) groups excluding carboxylic acids is 2. The van der Waals surface area contributed by atoms with Crippen LogP contribution in [0.4, 0.5) is 0 Å². The SMILES string of the molecule is CCCCNC(=O)C(C)N(Cc1ccc(Cl)cc1)C(=O)COc1cccc(Cl)c1. The number of nitrogens with zero attached hydrogens (tertiary/aromatic N) is 1. The predicted molar refractivity (Wildman–Crippen MR) is 116 cm³/mol. The van der Waals surface area contributed by atoms with Crippen LogP contribution >= 0.6 is 23.2 Å². The molecule has 0 aliphatic heterocycles. The summed E-state index contributed by atoms with van der Waals surface area (Å²) in [6.07, 6.45) is 1.87. The van der Waals surface area contributed by atoms with Gasteiger partial charge in [0, 0.05) is 23.1 Å². The van der Waals surface area contributed by atoms with Crippen molar-refractivity contribution in [1.82, 2.24) is 10.2 Å². The fourth-order valence-corrected chi connectivity index (χ4v) is 3.00. The second kappa shape index (κ2) is 11.7. The van der Waals surface area contributed by atoms with Gasteiger partial charge in [-0.2, -0.15) is 0 Å². The zero-order valence-electron chi connectivity index (χ0n) is 16.7. The third kappa shape index (κ3) is 7.59. The van der Waals surface area contributed by atoms with Gasteiger partial charge in [0.2, 0.25) is 5.91 Å². The summed E-state index contributed by atoms with van der Waals surface area (Å²) < 4.78 is 5.59. The number of benzene rings is 2. The molecular weight excluding hydrogens is 411 g/mol. The van der Waals surface area contributed by atoms with Gasteiger partial charge in [-0.1, -0.05) is 54.7 Å². The number of hydrogen-bond donors (Lipinski definition) is 1. The van der Waals surface area contributed by atoms with E-state index in [1.54, 1.807) is 43.3 Å². The molecule has 1 N–H and O–H groups in total. The van der Waals surface area contributed by atoms with Crippen molar-refractivity contribution in [2.75, 3.05) is 13.2 Å². The lowest BCUT2D eigenvalue weighted by Crippen LogP contribution is -2.49. The van der Waals surface area contributed by atoms with Crippen molar-refractivity contribution in [1.29, 1.82) is 0 Å². The molecule has 2 rings (SSSR count). The Kier molecular flexibility index (Phi) is 9.29. The van der Waals surface area contributed by atoms with E-state index in [1.807, 2.05) is 12.1 Å². The van der Waals surface area contributed by atoms with Gasteiger partial charge in [0.1, 0.15) is 11.8 Å². The van der Waals surface area contributed by atoms with E-state index < -0.39 is 6.04 Å². The van der Waals surface area contributed by atoms with Gasteiger partial charge in [-0.05, 0) is 49.2 Å². The second-order valence-corrected chi connectivity index (χ2v) is 7.59. The number of hydrogen-bond acceptors (Lipinski definition) is 3. The first kappa shape index (κ1) is 23.0. The molecule has 1 atom stereocenters. The third-order valence-electron chi connectivity index (χ3n) is 4.42. The van der Waals surface area contributed by atoms with E-state index >= 15 is 0 Å². The summed E-state index contributed by atoms with van der Waals surface area (Å²) in [6, 6.07) is 13.4. The number of halogens is 2. The number of ether oxygens (including phenoxy) is 1. The monoisotopic (exact) mass is 436 g/mol. The van der Waals surface area contributed by atoms with Gasteiger partial charge in [-0.25, -0.2) is 0 Å². The Morgan fingerprint density at radius 1 is 1.10 bits per heavy atom. The Bertz CT molecular complexity index is 812. The maximum absolute atomic E-state index is 12.9. The summed E-state index contributed by atoms with van der Waals surface area (Å²) in [4.78, 5) is 27.0. The number of carbonyl (C=O) groups is 2. The minimum Gasteiger partial charge on any atom is -0.484 e. The topological polar surface area (TPSA) is 58.6 Å². The van der Waals surface area contributed by atoms with Gasteiger partial charge in [0.15, 0.2) is 6.61 Å². The maximum Gasteiger partial charge on any atom is 0.261 e. The standard InChI is InChI=1S/C22H26Cl2N2O3/c1-3-4-12-25-22(28)16(2)26(14-17-8-10-18(23)11-9-17)21(27)15-29-20-7-5-6-19(24)13-20/h5-11,13,16H,3-4,12,14-15H2,1-2H3,(H,25,28). The van der Waals surface area contributed by atoms with Crippen molar-refractivity contribution in [3.8, 4) is 5.75 Å². The molecule has 0 bridgehead atoms. The Morgan fingerprint density at radius 2 is 1.83 bits per heavy atom. The van der Waals surface area contributed by atoms with Crippen LogP contribution in [0, 0.1) is 0 Å². The lowest BCUT2D eigenvalue weighted by Gasteiger charge is -2.28.